The number of carbonyl (C=O) groups excluding carboxylic acids is 2. The number of hydrogen-bond donors (Lipinski definition) is 3. The molecule has 1 aromatic rings. The molecule has 0 aromatic heterocycles. The molecule has 0 heterocycles. The summed E-state index contributed by atoms with van der Waals surface area (Å²) >= 11 is 3.32. The van der Waals surface area contributed by atoms with Crippen LogP contribution in [0.4, 0.5) is 5.69 Å². The minimum Gasteiger partial charge on any atom is -0.399 e. The first-order chi connectivity index (χ1) is 9.56. The first-order valence-corrected chi connectivity index (χ1v) is 7.48. The molecule has 6 heteroatoms. The number of benzene rings is 1. The van der Waals surface area contributed by atoms with Gasteiger partial charge in [-0.3, -0.25) is 9.59 Å². The molecule has 1 aromatic carbocycles. The van der Waals surface area contributed by atoms with Gasteiger partial charge in [-0.05, 0) is 53.4 Å². The van der Waals surface area contributed by atoms with Crippen molar-refractivity contribution in [1.82, 2.24) is 10.6 Å². The summed E-state index contributed by atoms with van der Waals surface area (Å²) in [5, 5.41) is 5.70. The highest BCUT2D eigenvalue weighted by atomic mass is 79.9. The van der Waals surface area contributed by atoms with Gasteiger partial charge in [-0.25, -0.2) is 0 Å². The fourth-order valence-corrected chi connectivity index (χ4v) is 2.22. The Morgan fingerprint density at radius 3 is 2.80 bits per heavy atom. The Hall–Kier alpha value is -1.56. The van der Waals surface area contributed by atoms with Crippen molar-refractivity contribution in [3.05, 3.63) is 28.2 Å². The maximum Gasteiger partial charge on any atom is 0.252 e. The van der Waals surface area contributed by atoms with Crippen LogP contribution >= 0.6 is 15.9 Å². The van der Waals surface area contributed by atoms with Crippen LogP contribution < -0.4 is 16.4 Å². The van der Waals surface area contributed by atoms with Gasteiger partial charge < -0.3 is 16.4 Å². The van der Waals surface area contributed by atoms with E-state index in [0.29, 0.717) is 41.2 Å². The van der Waals surface area contributed by atoms with Crippen molar-refractivity contribution in [2.24, 2.45) is 0 Å². The lowest BCUT2D eigenvalue weighted by Gasteiger charge is -2.08. The van der Waals surface area contributed by atoms with E-state index in [0.717, 1.165) is 12.8 Å². The van der Waals surface area contributed by atoms with Gasteiger partial charge in [0.25, 0.3) is 5.91 Å². The number of halogens is 1. The van der Waals surface area contributed by atoms with Crippen LogP contribution in [0.3, 0.4) is 0 Å². The highest BCUT2D eigenvalue weighted by Gasteiger charge is 2.22. The molecule has 1 saturated carbocycles. The van der Waals surface area contributed by atoms with Gasteiger partial charge in [0, 0.05) is 29.2 Å². The molecular formula is C14H18BrN3O2. The smallest absolute Gasteiger partial charge is 0.252 e. The highest BCUT2D eigenvalue weighted by Crippen LogP contribution is 2.19. The molecule has 0 saturated heterocycles. The first-order valence-electron chi connectivity index (χ1n) is 6.69. The molecule has 1 fully saturated rings. The molecule has 0 aliphatic heterocycles. The zero-order valence-electron chi connectivity index (χ0n) is 11.1. The molecule has 5 nitrogen and oxygen atoms in total. The molecule has 0 unspecified atom stereocenters. The van der Waals surface area contributed by atoms with Gasteiger partial charge in [-0.1, -0.05) is 0 Å². The monoisotopic (exact) mass is 339 g/mol. The second kappa shape index (κ2) is 6.74. The summed E-state index contributed by atoms with van der Waals surface area (Å²) in [4.78, 5) is 23.4. The van der Waals surface area contributed by atoms with E-state index in [1.54, 1.807) is 18.2 Å². The van der Waals surface area contributed by atoms with Gasteiger partial charge in [-0.15, -0.1) is 0 Å². The average molecular weight is 340 g/mol. The molecular weight excluding hydrogens is 322 g/mol. The third-order valence-electron chi connectivity index (χ3n) is 3.04. The summed E-state index contributed by atoms with van der Waals surface area (Å²) in [6.07, 6.45) is 3.25. The van der Waals surface area contributed by atoms with Crippen LogP contribution in [-0.4, -0.2) is 24.4 Å². The lowest BCUT2D eigenvalue weighted by Crippen LogP contribution is -2.28. The second-order valence-corrected chi connectivity index (χ2v) is 5.79. The van der Waals surface area contributed by atoms with Gasteiger partial charge in [0.15, 0.2) is 0 Å². The number of nitrogen functional groups attached to an aromatic ring is 1. The van der Waals surface area contributed by atoms with Crippen molar-refractivity contribution >= 4 is 33.4 Å². The van der Waals surface area contributed by atoms with Crippen molar-refractivity contribution in [2.45, 2.75) is 31.7 Å². The van der Waals surface area contributed by atoms with E-state index in [1.807, 2.05) is 0 Å². The zero-order valence-corrected chi connectivity index (χ0v) is 12.7. The van der Waals surface area contributed by atoms with Gasteiger partial charge in [0.05, 0.1) is 5.56 Å². The summed E-state index contributed by atoms with van der Waals surface area (Å²) in [7, 11) is 0. The van der Waals surface area contributed by atoms with Crippen LogP contribution in [0.2, 0.25) is 0 Å². The van der Waals surface area contributed by atoms with Crippen LogP contribution in [-0.2, 0) is 4.79 Å². The Labute approximate surface area is 126 Å². The molecule has 0 radical (unpaired) electrons. The molecule has 2 amide bonds. The van der Waals surface area contributed by atoms with Gasteiger partial charge >= 0.3 is 0 Å². The van der Waals surface area contributed by atoms with E-state index < -0.39 is 0 Å². The summed E-state index contributed by atoms with van der Waals surface area (Å²) in [6.45, 7) is 0.470. The molecule has 108 valence electrons. The van der Waals surface area contributed by atoms with Crippen LogP contribution in [0.1, 0.15) is 36.0 Å². The highest BCUT2D eigenvalue weighted by molar-refractivity contribution is 9.10. The number of carbonyl (C=O) groups is 2. The standard InChI is InChI=1S/C14H18BrN3O2/c15-12-6-3-9(16)8-11(12)14(20)17-7-1-2-13(19)18-10-4-5-10/h3,6,8,10H,1-2,4-5,7,16H2,(H,17,20)(H,18,19). The molecule has 20 heavy (non-hydrogen) atoms. The zero-order chi connectivity index (χ0) is 14.5. The quantitative estimate of drug-likeness (QED) is 0.546. The Kier molecular flexibility index (Phi) is 5.00. The number of anilines is 1. The molecule has 0 bridgehead atoms. The Bertz CT molecular complexity index is 515. The number of nitrogens with two attached hydrogens (primary N) is 1. The molecule has 2 rings (SSSR count). The predicted octanol–water partition coefficient (Wildman–Crippen LogP) is 1.82. The van der Waals surface area contributed by atoms with E-state index in [9.17, 15) is 9.59 Å². The van der Waals surface area contributed by atoms with E-state index in [4.69, 9.17) is 5.73 Å². The third-order valence-corrected chi connectivity index (χ3v) is 3.74. The molecule has 1 aliphatic rings. The van der Waals surface area contributed by atoms with Crippen molar-refractivity contribution < 1.29 is 9.59 Å². The van der Waals surface area contributed by atoms with E-state index in [2.05, 4.69) is 26.6 Å². The largest absolute Gasteiger partial charge is 0.399 e. The van der Waals surface area contributed by atoms with Gasteiger partial charge in [-0.2, -0.15) is 0 Å². The predicted molar refractivity (Wildman–Crippen MR) is 81.3 cm³/mol. The normalized spacial score (nSPS) is 13.8. The fourth-order valence-electron chi connectivity index (χ4n) is 1.79. The second-order valence-electron chi connectivity index (χ2n) is 4.94. The van der Waals surface area contributed by atoms with E-state index in [-0.39, 0.29) is 11.8 Å². The SMILES string of the molecule is Nc1ccc(Br)c(C(=O)NCCCC(=O)NC2CC2)c1. The van der Waals surface area contributed by atoms with Crippen LogP contribution in [0.15, 0.2) is 22.7 Å². The molecule has 0 spiro atoms. The van der Waals surface area contributed by atoms with Crippen molar-refractivity contribution in [1.29, 1.82) is 0 Å². The maximum absolute atomic E-state index is 12.0. The molecule has 0 atom stereocenters. The third kappa shape index (κ3) is 4.52. The van der Waals surface area contributed by atoms with Crippen LogP contribution in [0.5, 0.6) is 0 Å². The van der Waals surface area contributed by atoms with Gasteiger partial charge in [0.1, 0.15) is 0 Å². The van der Waals surface area contributed by atoms with Gasteiger partial charge in [0.2, 0.25) is 5.91 Å². The minimum atomic E-state index is -0.188. The van der Waals surface area contributed by atoms with Crippen LogP contribution in [0.25, 0.3) is 0 Å². The number of rotatable bonds is 6. The average Bonchev–Trinajstić information content (AvgIpc) is 3.21. The lowest BCUT2D eigenvalue weighted by atomic mass is 10.2. The molecule has 4 N–H and O–H groups in total. The topological polar surface area (TPSA) is 84.2 Å². The Morgan fingerprint density at radius 1 is 1.35 bits per heavy atom. The van der Waals surface area contributed by atoms with E-state index >= 15 is 0 Å². The van der Waals surface area contributed by atoms with Crippen molar-refractivity contribution in [2.75, 3.05) is 12.3 Å². The maximum atomic E-state index is 12.0. The number of amides is 2. The molecule has 1 aliphatic carbocycles. The van der Waals surface area contributed by atoms with Crippen molar-refractivity contribution in [3.63, 3.8) is 0 Å². The van der Waals surface area contributed by atoms with E-state index in [1.165, 1.54) is 0 Å². The first kappa shape index (κ1) is 14.8. The lowest BCUT2D eigenvalue weighted by molar-refractivity contribution is -0.121. The summed E-state index contributed by atoms with van der Waals surface area (Å²) in [5.41, 5.74) is 6.71. The minimum absolute atomic E-state index is 0.0619. The van der Waals surface area contributed by atoms with Crippen molar-refractivity contribution in [3.8, 4) is 0 Å². The van der Waals surface area contributed by atoms with Crippen LogP contribution in [0, 0.1) is 0 Å². The fraction of sp³-hybridized carbons (Fsp3) is 0.429. The Morgan fingerprint density at radius 2 is 2.10 bits per heavy atom. The number of hydrogen-bond acceptors (Lipinski definition) is 3. The summed E-state index contributed by atoms with van der Waals surface area (Å²) < 4.78 is 0.704. The summed E-state index contributed by atoms with van der Waals surface area (Å²) in [6, 6.07) is 5.48. The summed E-state index contributed by atoms with van der Waals surface area (Å²) in [5.74, 6) is -0.126. The Balaban J connectivity index is 1.71. The number of nitrogens with one attached hydrogen (secondary N) is 2.